The van der Waals surface area contributed by atoms with Gasteiger partial charge in [-0.1, -0.05) is 48.2 Å². The third kappa shape index (κ3) is 5.37. The highest BCUT2D eigenvalue weighted by atomic mass is 32.2. The molecule has 0 unspecified atom stereocenters. The minimum atomic E-state index is -0.240. The molecular weight excluding hydrogens is 425 g/mol. The molecule has 1 saturated heterocycles. The van der Waals surface area contributed by atoms with Gasteiger partial charge < -0.3 is 14.4 Å². The van der Waals surface area contributed by atoms with Crippen molar-refractivity contribution in [1.29, 1.82) is 0 Å². The van der Waals surface area contributed by atoms with Gasteiger partial charge in [0.05, 0.1) is 5.75 Å². The van der Waals surface area contributed by atoms with Crippen LogP contribution in [0.1, 0.15) is 11.4 Å². The Bertz CT molecular complexity index is 1050. The maximum Gasteiger partial charge on any atom is 0.233 e. The molecule has 2 heterocycles. The number of anilines is 1. The first kappa shape index (κ1) is 22.1. The normalized spacial score (nSPS) is 13.9. The van der Waals surface area contributed by atoms with E-state index in [9.17, 15) is 9.18 Å². The number of thioether (sulfide) groups is 1. The summed E-state index contributed by atoms with van der Waals surface area (Å²) in [6.07, 6.45) is 2.50. The fourth-order valence-corrected chi connectivity index (χ4v) is 4.60. The van der Waals surface area contributed by atoms with Gasteiger partial charge in [-0.15, -0.1) is 16.8 Å². The monoisotopic (exact) mass is 451 g/mol. The number of rotatable bonds is 8. The maximum absolute atomic E-state index is 13.1. The third-order valence-electron chi connectivity index (χ3n) is 5.46. The number of carbonyl (C=O) groups excluding carboxylic acids is 1. The van der Waals surface area contributed by atoms with Gasteiger partial charge in [-0.3, -0.25) is 4.79 Å². The molecule has 4 rings (SSSR count). The standard InChI is InChI=1S/C24H26FN5OS/c1-2-12-30-22(17-19-6-4-3-5-7-19)26-27-24(30)32-18-23(31)29-15-13-28(14-16-29)21-10-8-20(25)9-11-21/h2-11H,1,12-18H2. The summed E-state index contributed by atoms with van der Waals surface area (Å²) >= 11 is 1.41. The van der Waals surface area contributed by atoms with E-state index in [1.165, 1.54) is 23.9 Å². The van der Waals surface area contributed by atoms with Gasteiger partial charge in [0.2, 0.25) is 5.91 Å². The number of nitrogens with zero attached hydrogens (tertiary/aromatic N) is 5. The molecule has 3 aromatic rings. The van der Waals surface area contributed by atoms with Crippen LogP contribution in [-0.4, -0.2) is 57.5 Å². The molecule has 1 amide bonds. The predicted molar refractivity (Wildman–Crippen MR) is 125 cm³/mol. The van der Waals surface area contributed by atoms with Gasteiger partial charge in [-0.05, 0) is 29.8 Å². The van der Waals surface area contributed by atoms with Crippen LogP contribution in [0.2, 0.25) is 0 Å². The number of hydrogen-bond acceptors (Lipinski definition) is 5. The van der Waals surface area contributed by atoms with Gasteiger partial charge in [-0.2, -0.15) is 0 Å². The number of benzene rings is 2. The van der Waals surface area contributed by atoms with E-state index in [-0.39, 0.29) is 11.7 Å². The van der Waals surface area contributed by atoms with Gasteiger partial charge in [0.15, 0.2) is 5.16 Å². The highest BCUT2D eigenvalue weighted by Crippen LogP contribution is 2.21. The molecule has 166 valence electrons. The van der Waals surface area contributed by atoms with Crippen molar-refractivity contribution in [2.45, 2.75) is 18.1 Å². The zero-order chi connectivity index (χ0) is 22.3. The van der Waals surface area contributed by atoms with Crippen molar-refractivity contribution in [2.24, 2.45) is 0 Å². The van der Waals surface area contributed by atoms with E-state index in [0.717, 1.165) is 35.3 Å². The molecule has 2 aromatic carbocycles. The molecule has 1 aliphatic heterocycles. The summed E-state index contributed by atoms with van der Waals surface area (Å²) in [6.45, 7) is 7.20. The van der Waals surface area contributed by atoms with E-state index in [0.29, 0.717) is 31.8 Å². The van der Waals surface area contributed by atoms with E-state index in [4.69, 9.17) is 0 Å². The molecule has 0 spiro atoms. The lowest BCUT2D eigenvalue weighted by molar-refractivity contribution is -0.128. The summed E-state index contributed by atoms with van der Waals surface area (Å²) < 4.78 is 15.2. The van der Waals surface area contributed by atoms with Crippen molar-refractivity contribution in [2.75, 3.05) is 36.8 Å². The lowest BCUT2D eigenvalue weighted by Gasteiger charge is -2.36. The lowest BCUT2D eigenvalue weighted by Crippen LogP contribution is -2.49. The second kappa shape index (κ2) is 10.5. The van der Waals surface area contributed by atoms with Crippen molar-refractivity contribution >= 4 is 23.4 Å². The van der Waals surface area contributed by atoms with Crippen molar-refractivity contribution in [3.05, 3.63) is 84.5 Å². The van der Waals surface area contributed by atoms with E-state index in [1.54, 1.807) is 12.1 Å². The Morgan fingerprint density at radius 3 is 2.44 bits per heavy atom. The zero-order valence-corrected chi connectivity index (χ0v) is 18.7. The first-order chi connectivity index (χ1) is 15.6. The van der Waals surface area contributed by atoms with Gasteiger partial charge in [0.1, 0.15) is 11.6 Å². The Balaban J connectivity index is 1.33. The van der Waals surface area contributed by atoms with Gasteiger partial charge >= 0.3 is 0 Å². The quantitative estimate of drug-likeness (QED) is 0.387. The molecular formula is C24H26FN5OS. The molecule has 0 N–H and O–H groups in total. The van der Waals surface area contributed by atoms with E-state index in [2.05, 4.69) is 33.8 Å². The molecule has 1 aliphatic rings. The van der Waals surface area contributed by atoms with Crippen molar-refractivity contribution < 1.29 is 9.18 Å². The van der Waals surface area contributed by atoms with Gasteiger partial charge in [0.25, 0.3) is 0 Å². The predicted octanol–water partition coefficient (Wildman–Crippen LogP) is 3.63. The van der Waals surface area contributed by atoms with Crippen LogP contribution in [0.15, 0.2) is 72.4 Å². The maximum atomic E-state index is 13.1. The summed E-state index contributed by atoms with van der Waals surface area (Å²) in [4.78, 5) is 16.8. The highest BCUT2D eigenvalue weighted by molar-refractivity contribution is 7.99. The molecule has 0 atom stereocenters. The first-order valence-electron chi connectivity index (χ1n) is 10.6. The molecule has 0 aliphatic carbocycles. The van der Waals surface area contributed by atoms with E-state index < -0.39 is 0 Å². The fourth-order valence-electron chi connectivity index (χ4n) is 3.73. The smallest absolute Gasteiger partial charge is 0.233 e. The summed E-state index contributed by atoms with van der Waals surface area (Å²) in [5.41, 5.74) is 2.15. The molecule has 8 heteroatoms. The summed E-state index contributed by atoms with van der Waals surface area (Å²) in [7, 11) is 0. The first-order valence-corrected chi connectivity index (χ1v) is 11.6. The van der Waals surface area contributed by atoms with Crippen molar-refractivity contribution in [1.82, 2.24) is 19.7 Å². The van der Waals surface area contributed by atoms with Crippen LogP contribution in [-0.2, 0) is 17.8 Å². The molecule has 0 saturated carbocycles. The second-order valence-corrected chi connectivity index (χ2v) is 8.54. The molecule has 1 fully saturated rings. The SMILES string of the molecule is C=CCn1c(Cc2ccccc2)nnc1SCC(=O)N1CCN(c2ccc(F)cc2)CC1. The minimum absolute atomic E-state index is 0.0894. The molecule has 0 radical (unpaired) electrons. The van der Waals surface area contributed by atoms with Crippen molar-refractivity contribution in [3.63, 3.8) is 0 Å². The fraction of sp³-hybridized carbons (Fsp3) is 0.292. The van der Waals surface area contributed by atoms with Crippen LogP contribution in [0.4, 0.5) is 10.1 Å². The Morgan fingerprint density at radius 2 is 1.75 bits per heavy atom. The average Bonchev–Trinajstić information content (AvgIpc) is 3.20. The van der Waals surface area contributed by atoms with Crippen LogP contribution in [0.3, 0.4) is 0 Å². The van der Waals surface area contributed by atoms with Crippen molar-refractivity contribution in [3.8, 4) is 0 Å². The third-order valence-corrected chi connectivity index (χ3v) is 6.41. The van der Waals surface area contributed by atoms with E-state index >= 15 is 0 Å². The van der Waals surface area contributed by atoms with Gasteiger partial charge in [-0.25, -0.2) is 4.39 Å². The summed E-state index contributed by atoms with van der Waals surface area (Å²) in [6, 6.07) is 16.6. The lowest BCUT2D eigenvalue weighted by atomic mass is 10.1. The second-order valence-electron chi connectivity index (χ2n) is 7.59. The van der Waals surface area contributed by atoms with Crippen LogP contribution in [0.5, 0.6) is 0 Å². The Morgan fingerprint density at radius 1 is 1.03 bits per heavy atom. The van der Waals surface area contributed by atoms with Crippen LogP contribution < -0.4 is 4.90 Å². The number of allylic oxidation sites excluding steroid dienone is 1. The number of hydrogen-bond donors (Lipinski definition) is 0. The number of aromatic nitrogens is 3. The number of piperazine rings is 1. The van der Waals surface area contributed by atoms with Gasteiger partial charge in [0, 0.05) is 44.8 Å². The molecule has 32 heavy (non-hydrogen) atoms. The number of amides is 1. The van der Waals surface area contributed by atoms with Crippen LogP contribution in [0, 0.1) is 5.82 Å². The Hall–Kier alpha value is -3.13. The number of halogens is 1. The van der Waals surface area contributed by atoms with E-state index in [1.807, 2.05) is 33.7 Å². The summed E-state index contributed by atoms with van der Waals surface area (Å²) in [5.74, 6) is 1.03. The van der Waals surface area contributed by atoms with Crippen LogP contribution >= 0.6 is 11.8 Å². The topological polar surface area (TPSA) is 54.3 Å². The molecule has 0 bridgehead atoms. The zero-order valence-electron chi connectivity index (χ0n) is 17.9. The molecule has 6 nitrogen and oxygen atoms in total. The largest absolute Gasteiger partial charge is 0.368 e. The molecule has 1 aromatic heterocycles. The minimum Gasteiger partial charge on any atom is -0.368 e. The van der Waals surface area contributed by atoms with Crippen LogP contribution in [0.25, 0.3) is 0 Å². The Labute approximate surface area is 191 Å². The average molecular weight is 452 g/mol. The Kier molecular flexibility index (Phi) is 7.21. The summed E-state index contributed by atoms with van der Waals surface area (Å²) in [5, 5.41) is 9.41. The number of carbonyl (C=O) groups is 1. The highest BCUT2D eigenvalue weighted by Gasteiger charge is 2.22.